The summed E-state index contributed by atoms with van der Waals surface area (Å²) < 4.78 is 5.96. The maximum atomic E-state index is 12.1. The zero-order valence-electron chi connectivity index (χ0n) is 14.0. The van der Waals surface area contributed by atoms with Crippen molar-refractivity contribution in [2.45, 2.75) is 32.3 Å². The van der Waals surface area contributed by atoms with Gasteiger partial charge in [-0.2, -0.15) is 5.10 Å². The van der Waals surface area contributed by atoms with Gasteiger partial charge in [-0.25, -0.2) is 5.43 Å². The summed E-state index contributed by atoms with van der Waals surface area (Å²) in [5.41, 5.74) is 4.65. The van der Waals surface area contributed by atoms with Gasteiger partial charge in [0, 0.05) is 0 Å². The summed E-state index contributed by atoms with van der Waals surface area (Å²) in [4.78, 5) is 12.1. The molecule has 0 aromatic heterocycles. The van der Waals surface area contributed by atoms with Gasteiger partial charge in [0.05, 0.1) is 21.8 Å². The van der Waals surface area contributed by atoms with Crippen molar-refractivity contribution < 1.29 is 9.53 Å². The van der Waals surface area contributed by atoms with Crippen LogP contribution in [0, 0.1) is 0 Å². The molecule has 6 heteroatoms. The molecule has 0 aliphatic carbocycles. The average Bonchev–Trinajstić information content (AvgIpc) is 2.56. The number of nitrogens with one attached hydrogen (secondary N) is 1. The minimum Gasteiger partial charge on any atom is -0.488 e. The first-order chi connectivity index (χ1) is 11.9. The largest absolute Gasteiger partial charge is 0.488 e. The molecule has 1 heterocycles. The molecular formula is C19H18Cl2N2O2. The van der Waals surface area contributed by atoms with E-state index in [9.17, 15) is 4.79 Å². The average molecular weight is 377 g/mol. The molecule has 0 spiro atoms. The van der Waals surface area contributed by atoms with E-state index in [1.54, 1.807) is 24.4 Å². The van der Waals surface area contributed by atoms with Crippen LogP contribution in [0.15, 0.2) is 41.5 Å². The molecular weight excluding hydrogens is 359 g/mol. The molecule has 0 fully saturated rings. The minimum atomic E-state index is -0.410. The molecule has 1 amide bonds. The van der Waals surface area contributed by atoms with Crippen LogP contribution in [-0.2, 0) is 6.42 Å². The second-order valence-corrected chi connectivity index (χ2v) is 7.31. The molecule has 0 atom stereocenters. The highest BCUT2D eigenvalue weighted by Crippen LogP contribution is 2.33. The number of rotatable bonds is 3. The van der Waals surface area contributed by atoms with E-state index in [-0.39, 0.29) is 16.2 Å². The number of benzene rings is 2. The van der Waals surface area contributed by atoms with E-state index in [4.69, 9.17) is 27.9 Å². The highest BCUT2D eigenvalue weighted by Gasteiger charge is 2.26. The topological polar surface area (TPSA) is 50.7 Å². The smallest absolute Gasteiger partial charge is 0.272 e. The lowest BCUT2D eigenvalue weighted by Crippen LogP contribution is -2.32. The van der Waals surface area contributed by atoms with Crippen LogP contribution >= 0.6 is 23.2 Å². The van der Waals surface area contributed by atoms with Crippen LogP contribution in [0.3, 0.4) is 0 Å². The van der Waals surface area contributed by atoms with Crippen molar-refractivity contribution in [3.05, 3.63) is 63.1 Å². The molecule has 4 nitrogen and oxygen atoms in total. The number of amides is 1. The Morgan fingerprint density at radius 1 is 1.28 bits per heavy atom. The molecule has 2 aromatic carbocycles. The SMILES string of the molecule is CC1(C)CCc2cc(/C=N/NC(=O)c3cccc(Cl)c3Cl)ccc2O1. The summed E-state index contributed by atoms with van der Waals surface area (Å²) in [5, 5.41) is 4.54. The van der Waals surface area contributed by atoms with E-state index in [2.05, 4.69) is 24.4 Å². The zero-order valence-corrected chi connectivity index (χ0v) is 15.5. The molecule has 1 aliphatic heterocycles. The number of halogens is 2. The van der Waals surface area contributed by atoms with Crippen molar-refractivity contribution in [3.8, 4) is 5.75 Å². The Labute approximate surface area is 156 Å². The third-order valence-electron chi connectivity index (χ3n) is 4.04. The highest BCUT2D eigenvalue weighted by atomic mass is 35.5. The van der Waals surface area contributed by atoms with Crippen LogP contribution in [0.1, 0.15) is 41.8 Å². The van der Waals surface area contributed by atoms with Gasteiger partial charge >= 0.3 is 0 Å². The fraction of sp³-hybridized carbons (Fsp3) is 0.263. The Balaban J connectivity index is 1.69. The predicted octanol–water partition coefficient (Wildman–Crippen LogP) is 4.86. The zero-order chi connectivity index (χ0) is 18.0. The molecule has 25 heavy (non-hydrogen) atoms. The van der Waals surface area contributed by atoms with Gasteiger partial charge in [-0.1, -0.05) is 29.3 Å². The lowest BCUT2D eigenvalue weighted by Gasteiger charge is -2.32. The molecule has 0 saturated carbocycles. The molecule has 0 bridgehead atoms. The first kappa shape index (κ1) is 17.8. The maximum Gasteiger partial charge on any atom is 0.272 e. The van der Waals surface area contributed by atoms with E-state index in [0.29, 0.717) is 5.02 Å². The van der Waals surface area contributed by atoms with Crippen LogP contribution in [-0.4, -0.2) is 17.7 Å². The number of aryl methyl sites for hydroxylation is 1. The number of carbonyl (C=O) groups excluding carboxylic acids is 1. The standard InChI is InChI=1S/C19H18Cl2N2O2/c1-19(2)9-8-13-10-12(6-7-16(13)25-19)11-22-23-18(24)14-4-3-5-15(20)17(14)21/h3-7,10-11H,8-9H2,1-2H3,(H,23,24)/b22-11+. The minimum absolute atomic E-state index is 0.132. The summed E-state index contributed by atoms with van der Waals surface area (Å²) in [6.45, 7) is 4.17. The van der Waals surface area contributed by atoms with Crippen molar-refractivity contribution in [2.24, 2.45) is 5.10 Å². The first-order valence-corrected chi connectivity index (χ1v) is 8.71. The van der Waals surface area contributed by atoms with E-state index in [1.807, 2.05) is 18.2 Å². The summed E-state index contributed by atoms with van der Waals surface area (Å²) in [6, 6.07) is 10.7. The van der Waals surface area contributed by atoms with E-state index < -0.39 is 5.91 Å². The van der Waals surface area contributed by atoms with Gasteiger partial charge in [0.1, 0.15) is 11.4 Å². The molecule has 0 unspecified atom stereocenters. The second-order valence-electron chi connectivity index (χ2n) is 6.53. The Bertz CT molecular complexity index is 847. The highest BCUT2D eigenvalue weighted by molar-refractivity contribution is 6.43. The number of hydrogen-bond acceptors (Lipinski definition) is 3. The first-order valence-electron chi connectivity index (χ1n) is 7.95. The van der Waals surface area contributed by atoms with E-state index in [1.165, 1.54) is 0 Å². The fourth-order valence-electron chi connectivity index (χ4n) is 2.66. The van der Waals surface area contributed by atoms with Crippen molar-refractivity contribution in [1.82, 2.24) is 5.43 Å². The van der Waals surface area contributed by atoms with E-state index in [0.717, 1.165) is 29.7 Å². The van der Waals surface area contributed by atoms with Gasteiger partial charge in [0.15, 0.2) is 0 Å². The number of carbonyl (C=O) groups is 1. The Hall–Kier alpha value is -2.04. The predicted molar refractivity (Wildman–Crippen MR) is 101 cm³/mol. The second kappa shape index (κ2) is 7.06. The molecule has 0 radical (unpaired) electrons. The molecule has 3 rings (SSSR count). The molecule has 1 N–H and O–H groups in total. The molecule has 0 saturated heterocycles. The number of hydrogen-bond donors (Lipinski definition) is 1. The van der Waals surface area contributed by atoms with Crippen LogP contribution in [0.2, 0.25) is 10.0 Å². The summed E-state index contributed by atoms with van der Waals surface area (Å²) in [5.74, 6) is 0.495. The van der Waals surface area contributed by atoms with Crippen LogP contribution in [0.4, 0.5) is 0 Å². The lowest BCUT2D eigenvalue weighted by atomic mass is 9.93. The summed E-state index contributed by atoms with van der Waals surface area (Å²) in [7, 11) is 0. The molecule has 130 valence electrons. The maximum absolute atomic E-state index is 12.1. The molecule has 1 aliphatic rings. The van der Waals surface area contributed by atoms with Gasteiger partial charge < -0.3 is 4.74 Å². The third-order valence-corrected chi connectivity index (χ3v) is 4.86. The Morgan fingerprint density at radius 2 is 2.08 bits per heavy atom. The Morgan fingerprint density at radius 3 is 2.88 bits per heavy atom. The van der Waals surface area contributed by atoms with Gasteiger partial charge in [-0.3, -0.25) is 4.79 Å². The number of nitrogens with zero attached hydrogens (tertiary/aromatic N) is 1. The number of fused-ring (bicyclic) bond motifs is 1. The van der Waals surface area contributed by atoms with Gasteiger partial charge in [-0.05, 0) is 68.1 Å². The van der Waals surface area contributed by atoms with Gasteiger partial charge in [-0.15, -0.1) is 0 Å². The molecule has 2 aromatic rings. The summed E-state index contributed by atoms with van der Waals surface area (Å²) >= 11 is 11.9. The van der Waals surface area contributed by atoms with Crippen molar-refractivity contribution >= 4 is 35.3 Å². The number of hydrazone groups is 1. The van der Waals surface area contributed by atoms with Crippen LogP contribution in [0.25, 0.3) is 0 Å². The summed E-state index contributed by atoms with van der Waals surface area (Å²) in [6.07, 6.45) is 3.51. The Kier molecular flexibility index (Phi) is 5.02. The van der Waals surface area contributed by atoms with Crippen LogP contribution < -0.4 is 10.2 Å². The van der Waals surface area contributed by atoms with Gasteiger partial charge in [0.2, 0.25) is 0 Å². The normalized spacial score (nSPS) is 15.5. The van der Waals surface area contributed by atoms with Crippen molar-refractivity contribution in [2.75, 3.05) is 0 Å². The quantitative estimate of drug-likeness (QED) is 0.614. The van der Waals surface area contributed by atoms with Crippen LogP contribution in [0.5, 0.6) is 5.75 Å². The van der Waals surface area contributed by atoms with E-state index >= 15 is 0 Å². The third kappa shape index (κ3) is 4.14. The van der Waals surface area contributed by atoms with Crippen molar-refractivity contribution in [1.29, 1.82) is 0 Å². The monoisotopic (exact) mass is 376 g/mol. The van der Waals surface area contributed by atoms with Crippen molar-refractivity contribution in [3.63, 3.8) is 0 Å². The number of ether oxygens (including phenoxy) is 1. The van der Waals surface area contributed by atoms with Gasteiger partial charge in [0.25, 0.3) is 5.91 Å². The lowest BCUT2D eigenvalue weighted by molar-refractivity contribution is 0.0846. The fourth-order valence-corrected chi connectivity index (χ4v) is 3.05.